The molecule has 5 nitrogen and oxygen atoms in total. The van der Waals surface area contributed by atoms with Crippen LogP contribution in [0.5, 0.6) is 0 Å². The zero-order valence-corrected chi connectivity index (χ0v) is 13.2. The number of aliphatic hydroxyl groups is 1. The summed E-state index contributed by atoms with van der Waals surface area (Å²) in [6.45, 7) is 8.83. The molecule has 0 spiro atoms. The van der Waals surface area contributed by atoms with E-state index in [9.17, 15) is 4.79 Å². The molecule has 1 aromatic rings. The number of hydrogen-bond donors (Lipinski definition) is 2. The van der Waals surface area contributed by atoms with Gasteiger partial charge in [-0.15, -0.1) is 0 Å². The molecule has 1 heterocycles. The summed E-state index contributed by atoms with van der Waals surface area (Å²) in [6.07, 6.45) is -0.515. The predicted octanol–water partition coefficient (Wildman–Crippen LogP) is 2.23. The number of nitrogens with zero attached hydrogens (tertiary/aromatic N) is 1. The smallest absolute Gasteiger partial charge is 0.408 e. The number of amides is 1. The average molecular weight is 290 g/mol. The molecular weight excluding hydrogens is 268 g/mol. The molecule has 0 aromatic carbocycles. The molecule has 0 saturated heterocycles. The molecule has 0 unspecified atom stereocenters. The minimum Gasteiger partial charge on any atom is -0.444 e. The van der Waals surface area contributed by atoms with Crippen molar-refractivity contribution in [2.75, 3.05) is 0 Å². The monoisotopic (exact) mass is 290 g/mol. The van der Waals surface area contributed by atoms with Gasteiger partial charge in [-0.2, -0.15) is 0 Å². The Labute approximate surface area is 125 Å². The maximum atomic E-state index is 11.7. The molecule has 0 fully saturated rings. The number of pyridine rings is 1. The molecule has 21 heavy (non-hydrogen) atoms. The first-order chi connectivity index (χ1) is 9.61. The maximum absolute atomic E-state index is 11.7. The van der Waals surface area contributed by atoms with Crippen molar-refractivity contribution in [1.29, 1.82) is 0 Å². The van der Waals surface area contributed by atoms with Crippen LogP contribution in [0.1, 0.15) is 46.0 Å². The van der Waals surface area contributed by atoms with E-state index >= 15 is 0 Å². The van der Waals surface area contributed by atoms with Gasteiger partial charge in [-0.25, -0.2) is 9.78 Å². The molecular formula is C16H22N2O3. The summed E-state index contributed by atoms with van der Waals surface area (Å²) in [6, 6.07) is 5.24. The summed E-state index contributed by atoms with van der Waals surface area (Å²) >= 11 is 0. The lowest BCUT2D eigenvalue weighted by atomic mass is 10.1. The summed E-state index contributed by atoms with van der Waals surface area (Å²) < 4.78 is 5.20. The molecule has 1 rings (SSSR count). The molecule has 0 saturated carbocycles. The van der Waals surface area contributed by atoms with E-state index in [1.165, 1.54) is 0 Å². The van der Waals surface area contributed by atoms with E-state index in [4.69, 9.17) is 9.84 Å². The fourth-order valence-electron chi connectivity index (χ4n) is 1.45. The van der Waals surface area contributed by atoms with Crippen molar-refractivity contribution in [3.05, 3.63) is 29.6 Å². The summed E-state index contributed by atoms with van der Waals surface area (Å²) in [5.41, 5.74) is -0.204. The van der Waals surface area contributed by atoms with Gasteiger partial charge in [-0.3, -0.25) is 0 Å². The number of carbonyl (C=O) groups excluding carboxylic acids is 1. The van der Waals surface area contributed by atoms with Crippen LogP contribution in [-0.4, -0.2) is 27.3 Å². The lowest BCUT2D eigenvalue weighted by Crippen LogP contribution is -2.44. The lowest BCUT2D eigenvalue weighted by molar-refractivity contribution is 0.0494. The van der Waals surface area contributed by atoms with Crippen molar-refractivity contribution >= 4 is 6.09 Å². The zero-order valence-electron chi connectivity index (χ0n) is 13.2. The summed E-state index contributed by atoms with van der Waals surface area (Å²) in [7, 11) is 0. The Morgan fingerprint density at radius 3 is 2.57 bits per heavy atom. The topological polar surface area (TPSA) is 71.5 Å². The number of alkyl carbamates (subject to hydrolysis) is 1. The first-order valence-corrected chi connectivity index (χ1v) is 6.72. The van der Waals surface area contributed by atoms with Crippen molar-refractivity contribution in [3.8, 4) is 11.8 Å². The second kappa shape index (κ2) is 6.59. The van der Waals surface area contributed by atoms with Crippen molar-refractivity contribution in [2.45, 2.75) is 52.4 Å². The highest BCUT2D eigenvalue weighted by molar-refractivity contribution is 5.69. The van der Waals surface area contributed by atoms with Crippen molar-refractivity contribution in [1.82, 2.24) is 10.3 Å². The molecule has 0 bridgehead atoms. The highest BCUT2D eigenvalue weighted by Crippen LogP contribution is 2.09. The number of nitrogens with one attached hydrogen (secondary N) is 1. The molecule has 0 radical (unpaired) electrons. The van der Waals surface area contributed by atoms with E-state index in [0.717, 1.165) is 0 Å². The van der Waals surface area contributed by atoms with Gasteiger partial charge in [0.15, 0.2) is 0 Å². The number of aromatic nitrogens is 1. The fourth-order valence-corrected chi connectivity index (χ4v) is 1.45. The Hall–Kier alpha value is -2.06. The van der Waals surface area contributed by atoms with Gasteiger partial charge in [0.1, 0.15) is 11.3 Å². The standard InChI is InChI=1S/C16H22N2O3/c1-15(2,3)21-14(20)18-16(4,5)10-9-12-7-6-8-13(11-19)17-12/h6-8,19H,11H2,1-5H3,(H,18,20). The van der Waals surface area contributed by atoms with Gasteiger partial charge in [0.05, 0.1) is 17.8 Å². The number of rotatable bonds is 2. The Kier molecular flexibility index (Phi) is 5.34. The molecule has 114 valence electrons. The molecule has 0 aliphatic rings. The van der Waals surface area contributed by atoms with Gasteiger partial charge < -0.3 is 15.2 Å². The average Bonchev–Trinajstić information content (AvgIpc) is 2.33. The molecule has 0 aliphatic heterocycles. The summed E-state index contributed by atoms with van der Waals surface area (Å²) in [5.74, 6) is 5.82. The van der Waals surface area contributed by atoms with Gasteiger partial charge >= 0.3 is 6.09 Å². The largest absolute Gasteiger partial charge is 0.444 e. The Bertz CT molecular complexity index is 563. The summed E-state index contributed by atoms with van der Waals surface area (Å²) in [5, 5.41) is 11.7. The first-order valence-electron chi connectivity index (χ1n) is 6.72. The van der Waals surface area contributed by atoms with Crippen molar-refractivity contribution in [2.24, 2.45) is 0 Å². The highest BCUT2D eigenvalue weighted by atomic mass is 16.6. The van der Waals surface area contributed by atoms with E-state index in [1.807, 2.05) is 0 Å². The molecule has 0 atom stereocenters. The summed E-state index contributed by atoms with van der Waals surface area (Å²) in [4.78, 5) is 15.9. The molecule has 5 heteroatoms. The first kappa shape index (κ1) is 17.0. The minimum absolute atomic E-state index is 0.130. The van der Waals surface area contributed by atoms with Gasteiger partial charge in [-0.05, 0) is 52.7 Å². The number of hydrogen-bond acceptors (Lipinski definition) is 4. The third-order valence-corrected chi connectivity index (χ3v) is 2.29. The van der Waals surface area contributed by atoms with E-state index in [2.05, 4.69) is 22.1 Å². The number of ether oxygens (including phenoxy) is 1. The van der Waals surface area contributed by atoms with E-state index in [0.29, 0.717) is 11.4 Å². The molecule has 0 aliphatic carbocycles. The minimum atomic E-state index is -0.751. The van der Waals surface area contributed by atoms with Crippen LogP contribution in [0.25, 0.3) is 0 Å². The lowest BCUT2D eigenvalue weighted by Gasteiger charge is -2.24. The van der Waals surface area contributed by atoms with Gasteiger partial charge in [0, 0.05) is 0 Å². The normalized spacial score (nSPS) is 11.3. The Morgan fingerprint density at radius 2 is 2.00 bits per heavy atom. The van der Waals surface area contributed by atoms with Gasteiger partial charge in [0.25, 0.3) is 0 Å². The van der Waals surface area contributed by atoms with Crippen LogP contribution in [0.4, 0.5) is 4.79 Å². The second-order valence-corrected chi connectivity index (χ2v) is 6.17. The molecule has 2 N–H and O–H groups in total. The van der Waals surface area contributed by atoms with Crippen LogP contribution in [0.15, 0.2) is 18.2 Å². The fraction of sp³-hybridized carbons (Fsp3) is 0.500. The van der Waals surface area contributed by atoms with E-state index in [1.54, 1.807) is 52.8 Å². The SMILES string of the molecule is CC(C)(C#Cc1cccc(CO)n1)NC(=O)OC(C)(C)C. The second-order valence-electron chi connectivity index (χ2n) is 6.17. The number of aliphatic hydroxyl groups excluding tert-OH is 1. The van der Waals surface area contributed by atoms with E-state index in [-0.39, 0.29) is 6.61 Å². The highest BCUT2D eigenvalue weighted by Gasteiger charge is 2.22. The van der Waals surface area contributed by atoms with Gasteiger partial charge in [-0.1, -0.05) is 12.0 Å². The van der Waals surface area contributed by atoms with Crippen molar-refractivity contribution in [3.63, 3.8) is 0 Å². The quantitative estimate of drug-likeness (QED) is 0.819. The van der Waals surface area contributed by atoms with Crippen molar-refractivity contribution < 1.29 is 14.6 Å². The van der Waals surface area contributed by atoms with Crippen LogP contribution >= 0.6 is 0 Å². The number of carbonyl (C=O) groups is 1. The third kappa shape index (κ3) is 6.77. The molecule has 1 amide bonds. The maximum Gasteiger partial charge on any atom is 0.408 e. The van der Waals surface area contributed by atoms with E-state index < -0.39 is 17.2 Å². The zero-order chi connectivity index (χ0) is 16.1. The van der Waals surface area contributed by atoms with Crippen LogP contribution in [0, 0.1) is 11.8 Å². The van der Waals surface area contributed by atoms with Crippen LogP contribution < -0.4 is 5.32 Å². The predicted molar refractivity (Wildman–Crippen MR) is 80.5 cm³/mol. The van der Waals surface area contributed by atoms with Crippen LogP contribution in [0.3, 0.4) is 0 Å². The Balaban J connectivity index is 2.76. The third-order valence-electron chi connectivity index (χ3n) is 2.29. The van der Waals surface area contributed by atoms with Gasteiger partial charge in [0.2, 0.25) is 0 Å². The molecule has 1 aromatic heterocycles. The van der Waals surface area contributed by atoms with Crippen LogP contribution in [-0.2, 0) is 11.3 Å². The Morgan fingerprint density at radius 1 is 1.33 bits per heavy atom. The van der Waals surface area contributed by atoms with Crippen LogP contribution in [0.2, 0.25) is 0 Å².